The lowest BCUT2D eigenvalue weighted by molar-refractivity contribution is 0.0995. The zero-order valence-electron chi connectivity index (χ0n) is 19.0. The van der Waals surface area contributed by atoms with Crippen LogP contribution in [0.5, 0.6) is 28.7 Å². The van der Waals surface area contributed by atoms with Crippen LogP contribution in [0.25, 0.3) is 0 Å². The van der Waals surface area contributed by atoms with Gasteiger partial charge in [-0.25, -0.2) is 0 Å². The second kappa shape index (κ2) is 10.3. The molecule has 1 N–H and O–H groups in total. The van der Waals surface area contributed by atoms with E-state index in [1.165, 1.54) is 26.4 Å². The van der Waals surface area contributed by atoms with Crippen LogP contribution in [0.4, 0.5) is 5.69 Å². The Morgan fingerprint density at radius 3 is 2.03 bits per heavy atom. The number of carbonyl (C=O) groups excluding carboxylic acids is 1. The van der Waals surface area contributed by atoms with Gasteiger partial charge in [0.05, 0.1) is 46.8 Å². The number of nitrogens with zero attached hydrogens (tertiary/aromatic N) is 1. The molecule has 1 aromatic heterocycles. The number of furan rings is 1. The molecule has 0 aliphatic rings. The molecule has 1 amide bonds. The highest BCUT2D eigenvalue weighted by molar-refractivity contribution is 6.03. The topological polar surface area (TPSA) is 112 Å². The number of nitrogens with one attached hydrogen (secondary N) is 1. The maximum absolute atomic E-state index is 12.8. The van der Waals surface area contributed by atoms with E-state index in [1.807, 2.05) is 6.07 Å². The molecule has 0 radical (unpaired) electrons. The summed E-state index contributed by atoms with van der Waals surface area (Å²) in [7, 11) is 7.59. The van der Waals surface area contributed by atoms with Gasteiger partial charge in [-0.1, -0.05) is 0 Å². The van der Waals surface area contributed by atoms with Crippen LogP contribution in [0.15, 0.2) is 40.8 Å². The number of methoxy groups -OCH3 is 5. The number of nitriles is 1. The van der Waals surface area contributed by atoms with Crippen molar-refractivity contribution in [2.45, 2.75) is 6.42 Å². The maximum Gasteiger partial charge on any atom is 0.291 e. The second-order valence-corrected chi connectivity index (χ2v) is 6.77. The van der Waals surface area contributed by atoms with Crippen molar-refractivity contribution in [1.29, 1.82) is 5.26 Å². The normalized spacial score (nSPS) is 10.2. The van der Waals surface area contributed by atoms with Gasteiger partial charge < -0.3 is 33.4 Å². The Kier molecular flexibility index (Phi) is 7.31. The van der Waals surface area contributed by atoms with Gasteiger partial charge in [0, 0.05) is 36.2 Å². The number of rotatable bonds is 9. The molecule has 172 valence electrons. The molecule has 0 aliphatic carbocycles. The summed E-state index contributed by atoms with van der Waals surface area (Å²) >= 11 is 0. The third-order valence-corrected chi connectivity index (χ3v) is 4.95. The number of hydrogen-bond donors (Lipinski definition) is 1. The molecule has 1 heterocycles. The Labute approximate surface area is 191 Å². The smallest absolute Gasteiger partial charge is 0.291 e. The first kappa shape index (κ1) is 23.3. The lowest BCUT2D eigenvalue weighted by Crippen LogP contribution is -2.12. The molecule has 0 bridgehead atoms. The summed E-state index contributed by atoms with van der Waals surface area (Å²) in [6.45, 7) is 0. The first-order valence-corrected chi connectivity index (χ1v) is 9.83. The van der Waals surface area contributed by atoms with Gasteiger partial charge in [-0.15, -0.1) is 0 Å². The average molecular weight is 452 g/mol. The van der Waals surface area contributed by atoms with Crippen molar-refractivity contribution < 1.29 is 32.9 Å². The Morgan fingerprint density at radius 1 is 0.879 bits per heavy atom. The zero-order chi connectivity index (χ0) is 24.0. The van der Waals surface area contributed by atoms with E-state index in [-0.39, 0.29) is 17.0 Å². The highest BCUT2D eigenvalue weighted by Gasteiger charge is 2.19. The fraction of sp³-hybridized carbons (Fsp3) is 0.250. The molecule has 0 saturated carbocycles. The minimum atomic E-state index is -0.515. The van der Waals surface area contributed by atoms with Crippen LogP contribution in [-0.2, 0) is 6.42 Å². The molecular formula is C24H24N2O7. The van der Waals surface area contributed by atoms with Crippen molar-refractivity contribution >= 4 is 11.6 Å². The minimum Gasteiger partial charge on any atom is -0.496 e. The van der Waals surface area contributed by atoms with Gasteiger partial charge in [0.25, 0.3) is 5.91 Å². The van der Waals surface area contributed by atoms with Crippen molar-refractivity contribution in [2.24, 2.45) is 0 Å². The van der Waals surface area contributed by atoms with Crippen LogP contribution in [0.2, 0.25) is 0 Å². The van der Waals surface area contributed by atoms with Crippen molar-refractivity contribution in [3.63, 3.8) is 0 Å². The highest BCUT2D eigenvalue weighted by atomic mass is 16.5. The van der Waals surface area contributed by atoms with E-state index >= 15 is 0 Å². The van der Waals surface area contributed by atoms with Gasteiger partial charge in [0.15, 0.2) is 17.3 Å². The first-order chi connectivity index (χ1) is 16.0. The molecule has 0 unspecified atom stereocenters. The van der Waals surface area contributed by atoms with Crippen molar-refractivity contribution in [3.8, 4) is 34.8 Å². The van der Waals surface area contributed by atoms with Crippen molar-refractivity contribution in [3.05, 3.63) is 59.0 Å². The van der Waals surface area contributed by atoms with E-state index in [4.69, 9.17) is 28.1 Å². The summed E-state index contributed by atoms with van der Waals surface area (Å²) < 4.78 is 32.4. The third kappa shape index (κ3) is 4.96. The molecule has 0 fully saturated rings. The molecule has 0 saturated heterocycles. The van der Waals surface area contributed by atoms with E-state index in [9.17, 15) is 10.1 Å². The van der Waals surface area contributed by atoms with Gasteiger partial charge in [0.2, 0.25) is 0 Å². The van der Waals surface area contributed by atoms with Gasteiger partial charge in [-0.2, -0.15) is 5.26 Å². The molecular weight excluding hydrogens is 428 g/mol. The lowest BCUT2D eigenvalue weighted by Gasteiger charge is -2.14. The molecule has 3 aromatic rings. The van der Waals surface area contributed by atoms with E-state index in [0.717, 1.165) is 5.56 Å². The third-order valence-electron chi connectivity index (χ3n) is 4.95. The Balaban J connectivity index is 1.85. The summed E-state index contributed by atoms with van der Waals surface area (Å²) in [4.78, 5) is 12.8. The van der Waals surface area contributed by atoms with Gasteiger partial charge in [0.1, 0.15) is 29.1 Å². The monoisotopic (exact) mass is 452 g/mol. The fourth-order valence-corrected chi connectivity index (χ4v) is 3.28. The molecule has 9 heteroatoms. The molecule has 0 aliphatic heterocycles. The van der Waals surface area contributed by atoms with Crippen LogP contribution in [0.3, 0.4) is 0 Å². The van der Waals surface area contributed by atoms with Gasteiger partial charge in [-0.3, -0.25) is 4.79 Å². The summed E-state index contributed by atoms with van der Waals surface area (Å²) in [6, 6.07) is 11.8. The fourth-order valence-electron chi connectivity index (χ4n) is 3.28. The van der Waals surface area contributed by atoms with Crippen LogP contribution in [-0.4, -0.2) is 41.5 Å². The Hall–Kier alpha value is -4.32. The average Bonchev–Trinajstić information content (AvgIpc) is 3.32. The SMILES string of the molecule is COc1cc(OC)c(Cc2ccc(C(=O)Nc3cc(OC)c(OC)cc3C#N)o2)c(OC)c1. The Bertz CT molecular complexity index is 1170. The first-order valence-electron chi connectivity index (χ1n) is 9.83. The van der Waals surface area contributed by atoms with Crippen LogP contribution >= 0.6 is 0 Å². The lowest BCUT2D eigenvalue weighted by atomic mass is 10.1. The van der Waals surface area contributed by atoms with Crippen molar-refractivity contribution in [1.82, 2.24) is 0 Å². The highest BCUT2D eigenvalue weighted by Crippen LogP contribution is 2.36. The number of carbonyl (C=O) groups is 1. The van der Waals surface area contributed by atoms with E-state index < -0.39 is 5.91 Å². The minimum absolute atomic E-state index is 0.0788. The van der Waals surface area contributed by atoms with Crippen molar-refractivity contribution in [2.75, 3.05) is 40.9 Å². The number of anilines is 1. The summed E-state index contributed by atoms with van der Waals surface area (Å²) in [6.07, 6.45) is 0.323. The Morgan fingerprint density at radius 2 is 1.48 bits per heavy atom. The van der Waals surface area contributed by atoms with Gasteiger partial charge >= 0.3 is 0 Å². The molecule has 33 heavy (non-hydrogen) atoms. The number of amides is 1. The van der Waals surface area contributed by atoms with E-state index in [0.29, 0.717) is 40.9 Å². The summed E-state index contributed by atoms with van der Waals surface area (Å²) in [5.74, 6) is 2.58. The summed E-state index contributed by atoms with van der Waals surface area (Å²) in [5, 5.41) is 12.1. The predicted octanol–water partition coefficient (Wildman–Crippen LogP) is 4.04. The molecule has 0 spiro atoms. The molecule has 2 aromatic carbocycles. The van der Waals surface area contributed by atoms with E-state index in [2.05, 4.69) is 5.32 Å². The number of hydrogen-bond acceptors (Lipinski definition) is 8. The number of benzene rings is 2. The zero-order valence-corrected chi connectivity index (χ0v) is 19.0. The standard InChI is InChI=1S/C24H24N2O7/c1-28-16-10-20(29-2)17(21(11-16)30-3)9-15-6-7-19(33-15)24(27)26-18-12-23(32-5)22(31-4)8-14(18)13-25/h6-8,10-12H,9H2,1-5H3,(H,26,27). The summed E-state index contributed by atoms with van der Waals surface area (Å²) in [5.41, 5.74) is 1.24. The van der Waals surface area contributed by atoms with Crippen LogP contribution in [0.1, 0.15) is 27.4 Å². The van der Waals surface area contributed by atoms with E-state index in [1.54, 1.807) is 45.6 Å². The predicted molar refractivity (Wildman–Crippen MR) is 120 cm³/mol. The van der Waals surface area contributed by atoms with Crippen LogP contribution in [0, 0.1) is 11.3 Å². The maximum atomic E-state index is 12.8. The van der Waals surface area contributed by atoms with Crippen LogP contribution < -0.4 is 29.0 Å². The van der Waals surface area contributed by atoms with Gasteiger partial charge in [-0.05, 0) is 12.1 Å². The molecule has 0 atom stereocenters. The number of ether oxygens (including phenoxy) is 5. The molecule has 9 nitrogen and oxygen atoms in total. The second-order valence-electron chi connectivity index (χ2n) is 6.77. The largest absolute Gasteiger partial charge is 0.496 e. The quantitative estimate of drug-likeness (QED) is 0.518. The molecule has 3 rings (SSSR count).